The number of rotatable bonds is 2. The summed E-state index contributed by atoms with van der Waals surface area (Å²) in [6.45, 7) is 2.15. The van der Waals surface area contributed by atoms with Gasteiger partial charge in [0.25, 0.3) is 0 Å². The fourth-order valence-corrected chi connectivity index (χ4v) is 4.73. The third-order valence-electron chi connectivity index (χ3n) is 6.03. The van der Waals surface area contributed by atoms with Crippen molar-refractivity contribution < 1.29 is 14.3 Å². The lowest BCUT2D eigenvalue weighted by Crippen LogP contribution is -1.98. The first-order chi connectivity index (χ1) is 14.2. The Kier molecular flexibility index (Phi) is 3.16. The summed E-state index contributed by atoms with van der Waals surface area (Å²) in [6, 6.07) is 22.6. The second kappa shape index (κ2) is 5.65. The Morgan fingerprint density at radius 1 is 0.690 bits per heavy atom. The zero-order valence-corrected chi connectivity index (χ0v) is 15.8. The molecule has 6 rings (SSSR count). The summed E-state index contributed by atoms with van der Waals surface area (Å²) in [4.78, 5) is 24.8. The summed E-state index contributed by atoms with van der Waals surface area (Å²) in [6.07, 6.45) is 0.972. The number of hydrogen-bond acceptors (Lipinski definition) is 3. The van der Waals surface area contributed by atoms with Gasteiger partial charge in [-0.15, -0.1) is 0 Å². The highest BCUT2D eigenvalue weighted by Crippen LogP contribution is 2.53. The molecule has 138 valence electrons. The molecule has 1 aliphatic heterocycles. The molecular weight excluding hydrogens is 360 g/mol. The van der Waals surface area contributed by atoms with Crippen LogP contribution in [0.4, 0.5) is 0 Å². The summed E-state index contributed by atoms with van der Waals surface area (Å²) < 4.78 is 4.95. The molecule has 0 bridgehead atoms. The molecule has 0 saturated carbocycles. The van der Waals surface area contributed by atoms with Crippen LogP contribution in [0.3, 0.4) is 0 Å². The van der Waals surface area contributed by atoms with Crippen molar-refractivity contribution in [3.63, 3.8) is 0 Å². The molecule has 3 heteroatoms. The number of ether oxygens (including phenoxy) is 1. The van der Waals surface area contributed by atoms with E-state index in [2.05, 4.69) is 43.3 Å². The molecule has 0 spiro atoms. The maximum Gasteiger partial charge on any atom is 0.347 e. The summed E-state index contributed by atoms with van der Waals surface area (Å²) in [5.41, 5.74) is 8.35. The molecule has 1 heterocycles. The molecule has 4 aromatic carbocycles. The number of hydrogen-bond donors (Lipinski definition) is 0. The Morgan fingerprint density at radius 3 is 2.28 bits per heavy atom. The van der Waals surface area contributed by atoms with E-state index >= 15 is 0 Å². The highest BCUT2D eigenvalue weighted by Gasteiger charge is 2.38. The van der Waals surface area contributed by atoms with Crippen LogP contribution in [0.25, 0.3) is 44.2 Å². The molecule has 29 heavy (non-hydrogen) atoms. The van der Waals surface area contributed by atoms with Gasteiger partial charge in [0.05, 0.1) is 11.1 Å². The lowest BCUT2D eigenvalue weighted by Gasteiger charge is -2.12. The molecule has 0 saturated heterocycles. The van der Waals surface area contributed by atoms with Crippen LogP contribution in [0.2, 0.25) is 0 Å². The maximum atomic E-state index is 12.5. The maximum absolute atomic E-state index is 12.5. The minimum atomic E-state index is -0.561. The number of benzene rings is 4. The number of cyclic esters (lactones) is 2. The van der Waals surface area contributed by atoms with Crippen LogP contribution in [0.5, 0.6) is 0 Å². The summed E-state index contributed by atoms with van der Waals surface area (Å²) in [5, 5.41) is 1.97. The van der Waals surface area contributed by atoms with Crippen molar-refractivity contribution in [2.75, 3.05) is 0 Å². The van der Waals surface area contributed by atoms with Gasteiger partial charge in [0.15, 0.2) is 0 Å². The van der Waals surface area contributed by atoms with Crippen LogP contribution in [-0.4, -0.2) is 11.9 Å². The summed E-state index contributed by atoms with van der Waals surface area (Å²) >= 11 is 0. The topological polar surface area (TPSA) is 43.4 Å². The van der Waals surface area contributed by atoms with E-state index in [0.717, 1.165) is 50.6 Å². The van der Waals surface area contributed by atoms with Crippen LogP contribution in [-0.2, 0) is 11.2 Å². The van der Waals surface area contributed by atoms with Gasteiger partial charge in [-0.05, 0) is 56.6 Å². The largest absolute Gasteiger partial charge is 0.386 e. The average molecular weight is 376 g/mol. The third kappa shape index (κ3) is 2.07. The van der Waals surface area contributed by atoms with Crippen molar-refractivity contribution in [2.24, 2.45) is 0 Å². The normalized spacial score (nSPS) is 13.6. The summed E-state index contributed by atoms with van der Waals surface area (Å²) in [5.74, 6) is -1.11. The lowest BCUT2D eigenvalue weighted by molar-refractivity contribution is 0.0444. The van der Waals surface area contributed by atoms with Crippen molar-refractivity contribution in [1.82, 2.24) is 0 Å². The van der Waals surface area contributed by atoms with Crippen LogP contribution in [0, 0.1) is 0 Å². The van der Waals surface area contributed by atoms with E-state index in [9.17, 15) is 9.59 Å². The molecule has 0 unspecified atom stereocenters. The number of carbonyl (C=O) groups excluding carboxylic acids is 2. The van der Waals surface area contributed by atoms with Gasteiger partial charge in [0.2, 0.25) is 0 Å². The molecule has 0 radical (unpaired) electrons. The fraction of sp³-hybridized carbons (Fsp3) is 0.0769. The Balaban J connectivity index is 1.79. The van der Waals surface area contributed by atoms with Gasteiger partial charge in [-0.25, -0.2) is 9.59 Å². The SMILES string of the molecule is CCc1cccc(-c2ccc3cc4c(c5c3c2-c2ccccc2-5)C(=O)OC4=O)c1. The Hall–Kier alpha value is -3.72. The molecule has 0 fully saturated rings. The predicted molar refractivity (Wildman–Crippen MR) is 113 cm³/mol. The number of carbonyl (C=O) groups is 2. The van der Waals surface area contributed by atoms with Gasteiger partial charge >= 0.3 is 11.9 Å². The second-order valence-corrected chi connectivity index (χ2v) is 7.54. The first kappa shape index (κ1) is 16.3. The van der Waals surface area contributed by atoms with Gasteiger partial charge in [-0.2, -0.15) is 0 Å². The minimum Gasteiger partial charge on any atom is -0.386 e. The van der Waals surface area contributed by atoms with Crippen LogP contribution < -0.4 is 0 Å². The van der Waals surface area contributed by atoms with E-state index in [-0.39, 0.29) is 0 Å². The Bertz CT molecular complexity index is 1390. The van der Waals surface area contributed by atoms with Crippen molar-refractivity contribution >= 4 is 22.7 Å². The predicted octanol–water partition coefficient (Wildman–Crippen LogP) is 6.03. The lowest BCUT2D eigenvalue weighted by atomic mass is 9.90. The first-order valence-corrected chi connectivity index (χ1v) is 9.76. The zero-order valence-electron chi connectivity index (χ0n) is 15.8. The first-order valence-electron chi connectivity index (χ1n) is 9.76. The van der Waals surface area contributed by atoms with E-state index in [1.807, 2.05) is 24.3 Å². The van der Waals surface area contributed by atoms with Gasteiger partial charge in [0, 0.05) is 5.56 Å². The van der Waals surface area contributed by atoms with E-state index < -0.39 is 11.9 Å². The zero-order chi connectivity index (χ0) is 19.7. The molecule has 0 amide bonds. The van der Waals surface area contributed by atoms with E-state index in [0.29, 0.717) is 11.1 Å². The number of fused-ring (bicyclic) bond motifs is 5. The molecule has 0 atom stereocenters. The van der Waals surface area contributed by atoms with Gasteiger partial charge in [-0.1, -0.05) is 67.6 Å². The van der Waals surface area contributed by atoms with E-state index in [1.54, 1.807) is 6.07 Å². The van der Waals surface area contributed by atoms with Crippen molar-refractivity contribution in [3.8, 4) is 33.4 Å². The third-order valence-corrected chi connectivity index (χ3v) is 6.03. The number of aryl methyl sites for hydroxylation is 1. The van der Waals surface area contributed by atoms with Crippen molar-refractivity contribution in [2.45, 2.75) is 13.3 Å². The molecule has 3 nitrogen and oxygen atoms in total. The fourth-order valence-electron chi connectivity index (χ4n) is 4.73. The summed E-state index contributed by atoms with van der Waals surface area (Å²) in [7, 11) is 0. The highest BCUT2D eigenvalue weighted by atomic mass is 16.6. The highest BCUT2D eigenvalue weighted by molar-refractivity contribution is 6.29. The molecule has 0 aromatic heterocycles. The van der Waals surface area contributed by atoms with Crippen LogP contribution >= 0.6 is 0 Å². The smallest absolute Gasteiger partial charge is 0.347 e. The molecule has 2 aliphatic rings. The Labute approximate surface area is 167 Å². The quantitative estimate of drug-likeness (QED) is 0.279. The van der Waals surface area contributed by atoms with E-state index in [1.165, 1.54) is 5.56 Å². The molecular formula is C26H16O3. The standard InChI is InChI=1S/C26H16O3/c1-2-14-6-5-7-15(12-14)17-11-10-16-13-20-24(26(28)29-25(20)27)23-19-9-4-3-8-18(19)22(17)21(16)23/h3-13H,2H2,1H3. The minimum absolute atomic E-state index is 0.362. The van der Waals surface area contributed by atoms with Gasteiger partial charge in [-0.3, -0.25) is 0 Å². The van der Waals surface area contributed by atoms with Crippen molar-refractivity contribution in [1.29, 1.82) is 0 Å². The van der Waals surface area contributed by atoms with Crippen LogP contribution in [0.1, 0.15) is 33.2 Å². The van der Waals surface area contributed by atoms with Crippen molar-refractivity contribution in [3.05, 3.63) is 83.4 Å². The van der Waals surface area contributed by atoms with Gasteiger partial charge < -0.3 is 4.74 Å². The molecule has 1 aliphatic carbocycles. The monoisotopic (exact) mass is 376 g/mol. The average Bonchev–Trinajstić information content (AvgIpc) is 3.24. The van der Waals surface area contributed by atoms with Crippen LogP contribution in [0.15, 0.2) is 66.7 Å². The Morgan fingerprint density at radius 2 is 1.48 bits per heavy atom. The van der Waals surface area contributed by atoms with E-state index in [4.69, 9.17) is 4.74 Å². The molecule has 0 N–H and O–H groups in total. The number of esters is 2. The van der Waals surface area contributed by atoms with Gasteiger partial charge in [0.1, 0.15) is 0 Å². The molecule has 4 aromatic rings. The second-order valence-electron chi connectivity index (χ2n) is 7.54.